The van der Waals surface area contributed by atoms with Gasteiger partial charge < -0.3 is 10.1 Å². The van der Waals surface area contributed by atoms with Crippen LogP contribution >= 0.6 is 0 Å². The maximum atomic E-state index is 6.16. The van der Waals surface area contributed by atoms with Gasteiger partial charge in [0.05, 0.1) is 24.3 Å². The van der Waals surface area contributed by atoms with Crippen LogP contribution < -0.4 is 10.1 Å². The first kappa shape index (κ1) is 13.3. The highest BCUT2D eigenvalue weighted by molar-refractivity contribution is 5.63. The molecule has 1 saturated heterocycles. The summed E-state index contributed by atoms with van der Waals surface area (Å²) in [7, 11) is 1.89. The zero-order valence-corrected chi connectivity index (χ0v) is 12.4. The first-order chi connectivity index (χ1) is 10.8. The molecule has 0 aliphatic carbocycles. The minimum atomic E-state index is 0.205. The van der Waals surface area contributed by atoms with Gasteiger partial charge in [-0.3, -0.25) is 4.68 Å². The van der Waals surface area contributed by atoms with Crippen LogP contribution in [0.1, 0.15) is 12.8 Å². The van der Waals surface area contributed by atoms with Crippen molar-refractivity contribution in [3.05, 3.63) is 30.9 Å². The second-order valence-corrected chi connectivity index (χ2v) is 5.56. The predicted molar refractivity (Wildman–Crippen MR) is 81.7 cm³/mol. The number of aryl methyl sites for hydroxylation is 1. The van der Waals surface area contributed by atoms with Crippen LogP contribution in [-0.2, 0) is 7.05 Å². The number of ether oxygens (including phenoxy) is 1. The van der Waals surface area contributed by atoms with Crippen LogP contribution in [0.2, 0.25) is 0 Å². The Labute approximate surface area is 127 Å². The van der Waals surface area contributed by atoms with Gasteiger partial charge in [0.15, 0.2) is 0 Å². The van der Waals surface area contributed by atoms with Crippen molar-refractivity contribution in [2.75, 3.05) is 13.1 Å². The van der Waals surface area contributed by atoms with E-state index in [4.69, 9.17) is 9.72 Å². The molecule has 0 spiro atoms. The largest absolute Gasteiger partial charge is 0.473 e. The molecular weight excluding hydrogens is 280 g/mol. The molecule has 4 rings (SSSR count). The normalized spacial score (nSPS) is 16.2. The van der Waals surface area contributed by atoms with Gasteiger partial charge in [-0.05, 0) is 32.0 Å². The third-order valence-electron chi connectivity index (χ3n) is 3.92. The Morgan fingerprint density at radius 2 is 2.09 bits per heavy atom. The summed E-state index contributed by atoms with van der Waals surface area (Å²) in [6, 6.07) is 1.93. The van der Waals surface area contributed by atoms with Crippen LogP contribution in [0.25, 0.3) is 16.8 Å². The zero-order chi connectivity index (χ0) is 14.9. The fraction of sp³-hybridized carbons (Fsp3) is 0.400. The summed E-state index contributed by atoms with van der Waals surface area (Å²) in [4.78, 5) is 4.69. The lowest BCUT2D eigenvalue weighted by Crippen LogP contribution is -2.34. The molecule has 7 heteroatoms. The molecule has 0 saturated carbocycles. The number of hydrogen-bond donors (Lipinski definition) is 1. The summed E-state index contributed by atoms with van der Waals surface area (Å²) >= 11 is 0. The topological polar surface area (TPSA) is 69.3 Å². The molecule has 0 aromatic carbocycles. The number of nitrogens with one attached hydrogen (secondary N) is 1. The predicted octanol–water partition coefficient (Wildman–Crippen LogP) is 1.26. The molecule has 1 aliphatic heterocycles. The van der Waals surface area contributed by atoms with E-state index in [2.05, 4.69) is 15.5 Å². The molecule has 4 heterocycles. The van der Waals surface area contributed by atoms with Gasteiger partial charge >= 0.3 is 0 Å². The molecule has 114 valence electrons. The molecule has 0 amide bonds. The van der Waals surface area contributed by atoms with Crippen molar-refractivity contribution in [1.82, 2.24) is 29.7 Å². The number of nitrogens with zero attached hydrogens (tertiary/aromatic N) is 5. The number of fused-ring (bicyclic) bond motifs is 1. The van der Waals surface area contributed by atoms with E-state index in [0.29, 0.717) is 5.88 Å². The van der Waals surface area contributed by atoms with Crippen LogP contribution in [-0.4, -0.2) is 43.6 Å². The number of aromatic nitrogens is 5. The Morgan fingerprint density at radius 3 is 2.86 bits per heavy atom. The van der Waals surface area contributed by atoms with Gasteiger partial charge in [0.2, 0.25) is 5.88 Å². The molecule has 3 aromatic heterocycles. The van der Waals surface area contributed by atoms with Gasteiger partial charge in [-0.1, -0.05) is 0 Å². The standard InChI is InChI=1S/C15H18N6O/c1-20-9-11(8-18-20)13-10-21-14(4-7-17-21)15(19-13)22-12-2-5-16-6-3-12/h4,7-10,12,16H,2-3,5-6H2,1H3. The summed E-state index contributed by atoms with van der Waals surface area (Å²) < 4.78 is 9.73. The van der Waals surface area contributed by atoms with Crippen molar-refractivity contribution < 1.29 is 4.74 Å². The summed E-state index contributed by atoms with van der Waals surface area (Å²) in [5, 5.41) is 11.9. The molecule has 1 fully saturated rings. The van der Waals surface area contributed by atoms with Gasteiger partial charge in [0.1, 0.15) is 11.6 Å². The lowest BCUT2D eigenvalue weighted by Gasteiger charge is -2.23. The van der Waals surface area contributed by atoms with E-state index < -0.39 is 0 Å². The Morgan fingerprint density at radius 1 is 1.23 bits per heavy atom. The number of rotatable bonds is 3. The summed E-state index contributed by atoms with van der Waals surface area (Å²) in [6.45, 7) is 1.98. The number of piperidine rings is 1. The average molecular weight is 298 g/mol. The minimum absolute atomic E-state index is 0.205. The maximum absolute atomic E-state index is 6.16. The fourth-order valence-corrected chi connectivity index (χ4v) is 2.75. The van der Waals surface area contributed by atoms with Crippen LogP contribution in [0.3, 0.4) is 0 Å². The molecule has 0 atom stereocenters. The SMILES string of the molecule is Cn1cc(-c2cn3nccc3c(OC3CCNCC3)n2)cn1. The van der Waals surface area contributed by atoms with Gasteiger partial charge in [0.25, 0.3) is 0 Å². The molecule has 1 aliphatic rings. The lowest BCUT2D eigenvalue weighted by molar-refractivity contribution is 0.157. The van der Waals surface area contributed by atoms with Crippen molar-refractivity contribution in [1.29, 1.82) is 0 Å². The van der Waals surface area contributed by atoms with Crippen molar-refractivity contribution >= 4 is 5.52 Å². The Kier molecular flexibility index (Phi) is 3.27. The van der Waals surface area contributed by atoms with Gasteiger partial charge in [-0.25, -0.2) is 9.50 Å². The first-order valence-corrected chi connectivity index (χ1v) is 7.50. The highest BCUT2D eigenvalue weighted by atomic mass is 16.5. The van der Waals surface area contributed by atoms with Crippen LogP contribution in [0.4, 0.5) is 0 Å². The number of hydrogen-bond acceptors (Lipinski definition) is 5. The zero-order valence-electron chi connectivity index (χ0n) is 12.4. The van der Waals surface area contributed by atoms with E-state index >= 15 is 0 Å². The molecule has 22 heavy (non-hydrogen) atoms. The summed E-state index contributed by atoms with van der Waals surface area (Å²) in [5.74, 6) is 0.644. The van der Waals surface area contributed by atoms with Gasteiger partial charge in [-0.2, -0.15) is 10.2 Å². The lowest BCUT2D eigenvalue weighted by atomic mass is 10.1. The highest BCUT2D eigenvalue weighted by Crippen LogP contribution is 2.25. The third kappa shape index (κ3) is 2.43. The van der Waals surface area contributed by atoms with Gasteiger partial charge in [0, 0.05) is 18.8 Å². The summed E-state index contributed by atoms with van der Waals surface area (Å²) in [5.41, 5.74) is 2.66. The smallest absolute Gasteiger partial charge is 0.240 e. The van der Waals surface area contributed by atoms with Crippen LogP contribution in [0, 0.1) is 0 Å². The van der Waals surface area contributed by atoms with Crippen LogP contribution in [0.5, 0.6) is 5.88 Å². The van der Waals surface area contributed by atoms with Crippen molar-refractivity contribution in [2.45, 2.75) is 18.9 Å². The third-order valence-corrected chi connectivity index (χ3v) is 3.92. The van der Waals surface area contributed by atoms with E-state index in [1.54, 1.807) is 17.1 Å². The second-order valence-electron chi connectivity index (χ2n) is 5.56. The van der Waals surface area contributed by atoms with E-state index in [1.807, 2.05) is 30.0 Å². The second kappa shape index (κ2) is 5.42. The van der Waals surface area contributed by atoms with Gasteiger partial charge in [-0.15, -0.1) is 0 Å². The molecule has 0 radical (unpaired) electrons. The van der Waals surface area contributed by atoms with Crippen LogP contribution in [0.15, 0.2) is 30.9 Å². The monoisotopic (exact) mass is 298 g/mol. The van der Waals surface area contributed by atoms with E-state index in [9.17, 15) is 0 Å². The highest BCUT2D eigenvalue weighted by Gasteiger charge is 2.18. The Hall–Kier alpha value is -2.41. The summed E-state index contributed by atoms with van der Waals surface area (Å²) in [6.07, 6.45) is 9.61. The quantitative estimate of drug-likeness (QED) is 0.788. The van der Waals surface area contributed by atoms with E-state index in [-0.39, 0.29) is 6.10 Å². The molecule has 0 unspecified atom stereocenters. The van der Waals surface area contributed by atoms with Crippen molar-refractivity contribution in [3.63, 3.8) is 0 Å². The fourth-order valence-electron chi connectivity index (χ4n) is 2.75. The van der Waals surface area contributed by atoms with Crippen molar-refractivity contribution in [2.24, 2.45) is 7.05 Å². The van der Waals surface area contributed by atoms with E-state index in [1.165, 1.54) is 0 Å². The molecule has 3 aromatic rings. The van der Waals surface area contributed by atoms with E-state index in [0.717, 1.165) is 42.7 Å². The molecule has 7 nitrogen and oxygen atoms in total. The average Bonchev–Trinajstić information content (AvgIpc) is 3.17. The first-order valence-electron chi connectivity index (χ1n) is 7.50. The Balaban J connectivity index is 1.73. The maximum Gasteiger partial charge on any atom is 0.240 e. The molecule has 1 N–H and O–H groups in total. The molecular formula is C15H18N6O. The van der Waals surface area contributed by atoms with Crippen molar-refractivity contribution in [3.8, 4) is 17.1 Å². The Bertz CT molecular complexity index is 786. The minimum Gasteiger partial charge on any atom is -0.473 e. The molecule has 0 bridgehead atoms.